The fraction of sp³-hybridized carbons (Fsp3) is 0.278. The van der Waals surface area contributed by atoms with Gasteiger partial charge in [-0.05, 0) is 38.1 Å². The van der Waals surface area contributed by atoms with Gasteiger partial charge in [0.05, 0.1) is 4.88 Å². The monoisotopic (exact) mass is 377 g/mol. The van der Waals surface area contributed by atoms with Crippen molar-refractivity contribution in [1.29, 1.82) is 0 Å². The number of ketones is 1. The lowest BCUT2D eigenvalue weighted by Gasteiger charge is -2.06. The topological polar surface area (TPSA) is 72.5 Å². The number of hydrogen-bond donors (Lipinski definition) is 1. The summed E-state index contributed by atoms with van der Waals surface area (Å²) in [7, 11) is 0. The van der Waals surface area contributed by atoms with Gasteiger partial charge in [-0.15, -0.1) is 23.1 Å². The maximum Gasteiger partial charge on any atom is 0.348 e. The van der Waals surface area contributed by atoms with Gasteiger partial charge in [0, 0.05) is 17.2 Å². The van der Waals surface area contributed by atoms with Crippen LogP contribution in [-0.2, 0) is 9.53 Å². The molecule has 0 fully saturated rings. The van der Waals surface area contributed by atoms with E-state index in [2.05, 4.69) is 5.32 Å². The lowest BCUT2D eigenvalue weighted by atomic mass is 10.2. The molecule has 0 spiro atoms. The molecule has 0 atom stereocenters. The number of ether oxygens (including phenoxy) is 1. The normalized spacial score (nSPS) is 10.3. The summed E-state index contributed by atoms with van der Waals surface area (Å²) in [6, 6.07) is 11.3. The van der Waals surface area contributed by atoms with Gasteiger partial charge in [0.2, 0.25) is 0 Å². The SMILES string of the molecule is CC(=O)c1ccc(C(=O)OCC(=O)NCCSc2ccc(C)cc2)s1. The van der Waals surface area contributed by atoms with E-state index in [1.807, 2.05) is 31.2 Å². The Kier molecular flexibility index (Phi) is 7.21. The maximum atomic E-state index is 11.8. The van der Waals surface area contributed by atoms with Crippen LogP contribution in [-0.4, -0.2) is 36.6 Å². The van der Waals surface area contributed by atoms with E-state index in [9.17, 15) is 14.4 Å². The molecule has 0 saturated carbocycles. The van der Waals surface area contributed by atoms with E-state index in [4.69, 9.17) is 4.74 Å². The molecule has 2 aromatic rings. The summed E-state index contributed by atoms with van der Waals surface area (Å²) in [5.41, 5.74) is 1.21. The summed E-state index contributed by atoms with van der Waals surface area (Å²) in [4.78, 5) is 36.7. The molecule has 25 heavy (non-hydrogen) atoms. The van der Waals surface area contributed by atoms with Crippen molar-refractivity contribution >= 4 is 40.8 Å². The minimum atomic E-state index is -0.596. The van der Waals surface area contributed by atoms with Crippen LogP contribution in [0.2, 0.25) is 0 Å². The average molecular weight is 377 g/mol. The average Bonchev–Trinajstić information content (AvgIpc) is 3.08. The quantitative estimate of drug-likeness (QED) is 0.331. The second-order valence-electron chi connectivity index (χ2n) is 5.31. The van der Waals surface area contributed by atoms with Crippen LogP contribution in [0, 0.1) is 6.92 Å². The number of esters is 1. The first-order chi connectivity index (χ1) is 12.0. The Morgan fingerprint density at radius 3 is 2.40 bits per heavy atom. The minimum absolute atomic E-state index is 0.104. The summed E-state index contributed by atoms with van der Waals surface area (Å²) in [5, 5.41) is 2.71. The van der Waals surface area contributed by atoms with Crippen molar-refractivity contribution in [1.82, 2.24) is 5.32 Å². The molecule has 5 nitrogen and oxygen atoms in total. The van der Waals surface area contributed by atoms with Crippen molar-refractivity contribution in [3.63, 3.8) is 0 Å². The van der Waals surface area contributed by atoms with E-state index in [0.717, 1.165) is 22.0 Å². The number of hydrogen-bond acceptors (Lipinski definition) is 6. The van der Waals surface area contributed by atoms with Gasteiger partial charge in [-0.25, -0.2) is 4.79 Å². The summed E-state index contributed by atoms with van der Waals surface area (Å²) >= 11 is 2.71. The highest BCUT2D eigenvalue weighted by Gasteiger charge is 2.14. The fourth-order valence-corrected chi connectivity index (χ4v) is 3.45. The molecule has 0 saturated heterocycles. The van der Waals surface area contributed by atoms with Gasteiger partial charge in [0.25, 0.3) is 5.91 Å². The summed E-state index contributed by atoms with van der Waals surface area (Å²) in [6.07, 6.45) is 0. The Labute approximate surface area is 154 Å². The fourth-order valence-electron chi connectivity index (χ4n) is 1.88. The highest BCUT2D eigenvalue weighted by atomic mass is 32.2. The van der Waals surface area contributed by atoms with Crippen LogP contribution in [0.1, 0.15) is 31.8 Å². The number of Topliss-reactive ketones (excluding diaryl/α,β-unsaturated/α-hetero) is 1. The first-order valence-corrected chi connectivity index (χ1v) is 9.50. The highest BCUT2D eigenvalue weighted by molar-refractivity contribution is 7.99. The van der Waals surface area contributed by atoms with Crippen LogP contribution >= 0.6 is 23.1 Å². The number of benzene rings is 1. The predicted molar refractivity (Wildman–Crippen MR) is 99.5 cm³/mol. The Balaban J connectivity index is 1.65. The highest BCUT2D eigenvalue weighted by Crippen LogP contribution is 2.18. The third-order valence-electron chi connectivity index (χ3n) is 3.20. The van der Waals surface area contributed by atoms with Crippen molar-refractivity contribution in [2.75, 3.05) is 18.9 Å². The Bertz CT molecular complexity index is 753. The summed E-state index contributed by atoms with van der Waals surface area (Å²) < 4.78 is 4.95. The summed E-state index contributed by atoms with van der Waals surface area (Å²) in [5.74, 6) is -0.314. The van der Waals surface area contributed by atoms with E-state index in [-0.39, 0.29) is 18.3 Å². The third-order valence-corrected chi connectivity index (χ3v) is 5.38. The molecule has 1 aromatic heterocycles. The minimum Gasteiger partial charge on any atom is -0.451 e. The van der Waals surface area contributed by atoms with Crippen molar-refractivity contribution in [3.05, 3.63) is 51.7 Å². The molecule has 0 aliphatic heterocycles. The molecule has 132 valence electrons. The molecule has 1 amide bonds. The van der Waals surface area contributed by atoms with Gasteiger partial charge >= 0.3 is 5.97 Å². The van der Waals surface area contributed by atoms with E-state index >= 15 is 0 Å². The molecule has 0 unspecified atom stereocenters. The molecular formula is C18H19NO4S2. The van der Waals surface area contributed by atoms with Crippen LogP contribution < -0.4 is 5.32 Å². The van der Waals surface area contributed by atoms with E-state index in [1.54, 1.807) is 17.8 Å². The smallest absolute Gasteiger partial charge is 0.348 e. The number of nitrogens with one attached hydrogen (secondary N) is 1. The Morgan fingerprint density at radius 1 is 1.08 bits per heavy atom. The predicted octanol–water partition coefficient (Wildman–Crippen LogP) is 3.32. The molecule has 0 aliphatic carbocycles. The molecule has 1 heterocycles. The van der Waals surface area contributed by atoms with Crippen LogP contribution in [0.15, 0.2) is 41.3 Å². The van der Waals surface area contributed by atoms with Crippen molar-refractivity contribution in [3.8, 4) is 0 Å². The van der Waals surface area contributed by atoms with Crippen LogP contribution in [0.3, 0.4) is 0 Å². The van der Waals surface area contributed by atoms with Crippen molar-refractivity contribution in [2.45, 2.75) is 18.7 Å². The van der Waals surface area contributed by atoms with Crippen LogP contribution in [0.4, 0.5) is 0 Å². The zero-order chi connectivity index (χ0) is 18.2. The zero-order valence-electron chi connectivity index (χ0n) is 14.0. The maximum absolute atomic E-state index is 11.8. The molecular weight excluding hydrogens is 358 g/mol. The van der Waals surface area contributed by atoms with E-state index in [0.29, 0.717) is 16.3 Å². The zero-order valence-corrected chi connectivity index (χ0v) is 15.7. The van der Waals surface area contributed by atoms with Crippen molar-refractivity contribution < 1.29 is 19.1 Å². The second-order valence-corrected chi connectivity index (χ2v) is 7.56. The Morgan fingerprint density at radius 2 is 1.76 bits per heavy atom. The molecule has 0 aliphatic rings. The second kappa shape index (κ2) is 9.39. The lowest BCUT2D eigenvalue weighted by molar-refractivity contribution is -0.124. The first kappa shape index (κ1) is 19.2. The number of carbonyl (C=O) groups excluding carboxylic acids is 3. The van der Waals surface area contributed by atoms with Gasteiger partial charge in [-0.1, -0.05) is 17.7 Å². The lowest BCUT2D eigenvalue weighted by Crippen LogP contribution is -2.30. The first-order valence-electron chi connectivity index (χ1n) is 7.70. The molecule has 7 heteroatoms. The molecule has 0 radical (unpaired) electrons. The van der Waals surface area contributed by atoms with Gasteiger partial charge in [0.1, 0.15) is 4.88 Å². The Hall–Kier alpha value is -2.12. The summed E-state index contributed by atoms with van der Waals surface area (Å²) in [6.45, 7) is 3.62. The molecule has 0 bridgehead atoms. The van der Waals surface area contributed by atoms with Gasteiger partial charge < -0.3 is 10.1 Å². The number of thioether (sulfide) groups is 1. The van der Waals surface area contributed by atoms with Gasteiger partial charge in [0.15, 0.2) is 12.4 Å². The van der Waals surface area contributed by atoms with E-state index in [1.165, 1.54) is 18.6 Å². The van der Waals surface area contributed by atoms with Crippen LogP contribution in [0.5, 0.6) is 0 Å². The molecule has 1 N–H and O–H groups in total. The number of aryl methyl sites for hydroxylation is 1. The number of thiophene rings is 1. The third kappa shape index (κ3) is 6.36. The van der Waals surface area contributed by atoms with Gasteiger partial charge in [-0.3, -0.25) is 9.59 Å². The number of carbonyl (C=O) groups is 3. The van der Waals surface area contributed by atoms with E-state index < -0.39 is 5.97 Å². The number of amides is 1. The van der Waals surface area contributed by atoms with Crippen LogP contribution in [0.25, 0.3) is 0 Å². The van der Waals surface area contributed by atoms with Gasteiger partial charge in [-0.2, -0.15) is 0 Å². The van der Waals surface area contributed by atoms with Crippen molar-refractivity contribution in [2.24, 2.45) is 0 Å². The largest absolute Gasteiger partial charge is 0.451 e. The number of rotatable bonds is 8. The standard InChI is InChI=1S/C18H19NO4S2/c1-12-3-5-14(6-4-12)24-10-9-19-17(21)11-23-18(22)16-8-7-15(25-16)13(2)20/h3-8H,9-11H2,1-2H3,(H,19,21). The molecule has 1 aromatic carbocycles. The molecule has 2 rings (SSSR count).